The second-order valence-corrected chi connectivity index (χ2v) is 7.30. The van der Waals surface area contributed by atoms with E-state index in [0.717, 1.165) is 37.5 Å². The van der Waals surface area contributed by atoms with Gasteiger partial charge in [-0.1, -0.05) is 6.92 Å². The van der Waals surface area contributed by atoms with Crippen molar-refractivity contribution in [2.45, 2.75) is 31.1 Å². The number of hydrogen-bond acceptors (Lipinski definition) is 3. The fourth-order valence-electron chi connectivity index (χ4n) is 2.45. The molecule has 0 radical (unpaired) electrons. The lowest BCUT2D eigenvalue weighted by atomic mass is 10.0. The monoisotopic (exact) mass is 315 g/mol. The Morgan fingerprint density at radius 2 is 2.05 bits per heavy atom. The number of nitrogens with zero attached hydrogens (tertiary/aromatic N) is 1. The molecule has 1 aliphatic rings. The van der Waals surface area contributed by atoms with Gasteiger partial charge in [0.25, 0.3) is 0 Å². The first-order chi connectivity index (χ1) is 9.82. The second-order valence-electron chi connectivity index (χ2n) is 5.39. The van der Waals surface area contributed by atoms with Gasteiger partial charge in [0.2, 0.25) is 10.0 Å². The molecule has 2 rings (SSSR count). The first-order valence-corrected chi connectivity index (χ1v) is 8.29. The first kappa shape index (κ1) is 15.9. The topological polar surface area (TPSA) is 74.7 Å². The molecular weight excluding hydrogens is 297 g/mol. The summed E-state index contributed by atoms with van der Waals surface area (Å²) in [5.41, 5.74) is -0.238. The fourth-order valence-corrected chi connectivity index (χ4v) is 4.03. The van der Waals surface area contributed by atoms with Crippen molar-refractivity contribution in [2.24, 2.45) is 5.92 Å². The van der Waals surface area contributed by atoms with E-state index >= 15 is 0 Å². The predicted octanol–water partition coefficient (Wildman–Crippen LogP) is 2.33. The van der Waals surface area contributed by atoms with Gasteiger partial charge in [0.05, 0.1) is 5.56 Å². The lowest BCUT2D eigenvalue weighted by Crippen LogP contribution is -2.32. The minimum absolute atomic E-state index is 0.238. The number of hydrogen-bond donors (Lipinski definition) is 1. The van der Waals surface area contributed by atoms with Gasteiger partial charge in [-0.2, -0.15) is 4.31 Å². The Balaban J connectivity index is 2.39. The molecule has 1 unspecified atom stereocenters. The summed E-state index contributed by atoms with van der Waals surface area (Å²) in [6, 6.07) is 2.83. The maximum atomic E-state index is 13.9. The molecule has 5 nitrogen and oxygen atoms in total. The van der Waals surface area contributed by atoms with Gasteiger partial charge >= 0.3 is 5.97 Å². The number of carbonyl (C=O) groups is 1. The van der Waals surface area contributed by atoms with E-state index in [9.17, 15) is 17.6 Å². The summed E-state index contributed by atoms with van der Waals surface area (Å²) < 4.78 is 40.2. The van der Waals surface area contributed by atoms with Crippen LogP contribution in [0.1, 0.15) is 36.5 Å². The Bertz CT molecular complexity index is 644. The normalized spacial score (nSPS) is 21.0. The summed E-state index contributed by atoms with van der Waals surface area (Å²) in [4.78, 5) is 10.4. The highest BCUT2D eigenvalue weighted by Gasteiger charge is 2.29. The van der Waals surface area contributed by atoms with E-state index in [1.54, 1.807) is 0 Å². The van der Waals surface area contributed by atoms with E-state index in [4.69, 9.17) is 5.11 Å². The largest absolute Gasteiger partial charge is 0.478 e. The molecule has 0 spiro atoms. The highest BCUT2D eigenvalue weighted by molar-refractivity contribution is 7.89. The van der Waals surface area contributed by atoms with Crippen LogP contribution >= 0.6 is 0 Å². The summed E-state index contributed by atoms with van der Waals surface area (Å²) in [5, 5.41) is 8.93. The molecule has 1 fully saturated rings. The van der Waals surface area contributed by atoms with Crippen molar-refractivity contribution in [3.63, 3.8) is 0 Å². The van der Waals surface area contributed by atoms with Gasteiger partial charge in [-0.3, -0.25) is 0 Å². The van der Waals surface area contributed by atoms with Crippen LogP contribution in [0.25, 0.3) is 0 Å². The SMILES string of the molecule is CC1CCCN(S(=O)(=O)c2cc(C(=O)O)ccc2F)CC1. The number of aromatic carboxylic acids is 1. The third-order valence-electron chi connectivity index (χ3n) is 3.77. The number of carboxylic acids is 1. The summed E-state index contributed by atoms with van der Waals surface area (Å²) >= 11 is 0. The van der Waals surface area contributed by atoms with Crippen molar-refractivity contribution in [3.05, 3.63) is 29.6 Å². The zero-order chi connectivity index (χ0) is 15.6. The molecule has 0 saturated carbocycles. The molecule has 7 heteroatoms. The molecule has 1 saturated heterocycles. The minimum atomic E-state index is -4.00. The van der Waals surface area contributed by atoms with E-state index in [-0.39, 0.29) is 5.56 Å². The van der Waals surface area contributed by atoms with E-state index in [1.807, 2.05) is 0 Å². The molecule has 1 heterocycles. The zero-order valence-electron chi connectivity index (χ0n) is 11.8. The molecule has 1 N–H and O–H groups in total. The molecule has 0 aliphatic carbocycles. The average Bonchev–Trinajstić information content (AvgIpc) is 2.64. The van der Waals surface area contributed by atoms with E-state index < -0.39 is 26.7 Å². The van der Waals surface area contributed by atoms with E-state index in [0.29, 0.717) is 19.0 Å². The molecule has 116 valence electrons. The van der Waals surface area contributed by atoms with Gasteiger partial charge in [0, 0.05) is 13.1 Å². The van der Waals surface area contributed by atoms with Crippen LogP contribution in [0.15, 0.2) is 23.1 Å². The average molecular weight is 315 g/mol. The van der Waals surface area contributed by atoms with Crippen molar-refractivity contribution in [2.75, 3.05) is 13.1 Å². The molecule has 21 heavy (non-hydrogen) atoms. The zero-order valence-corrected chi connectivity index (χ0v) is 12.6. The fraction of sp³-hybridized carbons (Fsp3) is 0.500. The Labute approximate surface area is 123 Å². The van der Waals surface area contributed by atoms with Crippen molar-refractivity contribution >= 4 is 16.0 Å². The van der Waals surface area contributed by atoms with Crippen LogP contribution in [-0.4, -0.2) is 36.9 Å². The molecular formula is C14H18FNO4S. The predicted molar refractivity (Wildman–Crippen MR) is 75.1 cm³/mol. The van der Waals surface area contributed by atoms with Gasteiger partial charge in [-0.25, -0.2) is 17.6 Å². The number of sulfonamides is 1. The third kappa shape index (κ3) is 3.41. The van der Waals surface area contributed by atoms with Crippen LogP contribution in [0, 0.1) is 11.7 Å². The van der Waals surface area contributed by atoms with Gasteiger partial charge in [0.1, 0.15) is 10.7 Å². The maximum Gasteiger partial charge on any atom is 0.335 e. The van der Waals surface area contributed by atoms with Crippen LogP contribution in [0.5, 0.6) is 0 Å². The molecule has 1 atom stereocenters. The van der Waals surface area contributed by atoms with Gasteiger partial charge in [-0.05, 0) is 43.4 Å². The first-order valence-electron chi connectivity index (χ1n) is 6.85. The number of halogens is 1. The molecule has 0 bridgehead atoms. The molecule has 1 aromatic carbocycles. The lowest BCUT2D eigenvalue weighted by Gasteiger charge is -2.20. The standard InChI is InChI=1S/C14H18FNO4S/c1-10-3-2-7-16(8-6-10)21(19,20)13-9-11(14(17)18)4-5-12(13)15/h4-5,9-10H,2-3,6-8H2,1H3,(H,17,18). The summed E-state index contributed by atoms with van der Waals surface area (Å²) in [5.74, 6) is -1.77. The van der Waals surface area contributed by atoms with Gasteiger partial charge in [0.15, 0.2) is 0 Å². The Kier molecular flexibility index (Phi) is 4.63. The summed E-state index contributed by atoms with van der Waals surface area (Å²) in [7, 11) is -4.00. The van der Waals surface area contributed by atoms with Gasteiger partial charge in [-0.15, -0.1) is 0 Å². The third-order valence-corrected chi connectivity index (χ3v) is 5.69. The Morgan fingerprint density at radius 3 is 2.71 bits per heavy atom. The van der Waals surface area contributed by atoms with Crippen LogP contribution in [-0.2, 0) is 10.0 Å². The van der Waals surface area contributed by atoms with Crippen LogP contribution < -0.4 is 0 Å². The van der Waals surface area contributed by atoms with Crippen LogP contribution in [0.2, 0.25) is 0 Å². The summed E-state index contributed by atoms with van der Waals surface area (Å²) in [6.45, 7) is 2.73. The van der Waals surface area contributed by atoms with Crippen molar-refractivity contribution < 1.29 is 22.7 Å². The highest BCUT2D eigenvalue weighted by atomic mass is 32.2. The number of rotatable bonds is 3. The molecule has 0 amide bonds. The second kappa shape index (κ2) is 6.11. The molecule has 1 aliphatic heterocycles. The van der Waals surface area contributed by atoms with Crippen LogP contribution in [0.3, 0.4) is 0 Å². The Morgan fingerprint density at radius 1 is 1.33 bits per heavy atom. The highest BCUT2D eigenvalue weighted by Crippen LogP contribution is 2.25. The van der Waals surface area contributed by atoms with Crippen molar-refractivity contribution in [1.29, 1.82) is 0 Å². The Hall–Kier alpha value is -1.47. The number of carboxylic acid groups (broad SMARTS) is 1. The minimum Gasteiger partial charge on any atom is -0.478 e. The lowest BCUT2D eigenvalue weighted by molar-refractivity contribution is 0.0696. The smallest absolute Gasteiger partial charge is 0.335 e. The maximum absolute atomic E-state index is 13.9. The van der Waals surface area contributed by atoms with Gasteiger partial charge < -0.3 is 5.11 Å². The van der Waals surface area contributed by atoms with Crippen LogP contribution in [0.4, 0.5) is 4.39 Å². The van der Waals surface area contributed by atoms with Crippen molar-refractivity contribution in [1.82, 2.24) is 4.31 Å². The van der Waals surface area contributed by atoms with E-state index in [2.05, 4.69) is 6.92 Å². The van der Waals surface area contributed by atoms with E-state index in [1.165, 1.54) is 4.31 Å². The number of benzene rings is 1. The quantitative estimate of drug-likeness (QED) is 0.929. The van der Waals surface area contributed by atoms with Crippen molar-refractivity contribution in [3.8, 4) is 0 Å². The summed E-state index contributed by atoms with van der Waals surface area (Å²) in [6.07, 6.45) is 2.38. The molecule has 1 aromatic rings. The molecule has 0 aromatic heterocycles.